The van der Waals surface area contributed by atoms with Gasteiger partial charge in [-0.3, -0.25) is 9.59 Å². The Bertz CT molecular complexity index is 801. The predicted molar refractivity (Wildman–Crippen MR) is 100 cm³/mol. The first-order chi connectivity index (χ1) is 12.1. The molecule has 0 radical (unpaired) electrons. The number of likely N-dealkylation sites (tertiary alicyclic amines) is 1. The smallest absolute Gasteiger partial charge is 0.259 e. The largest absolute Gasteiger partial charge is 0.496 e. The average molecular weight is 403 g/mol. The average Bonchev–Trinajstić information content (AvgIpc) is 3.16. The van der Waals surface area contributed by atoms with Crippen LogP contribution in [0.25, 0.3) is 0 Å². The second-order valence-electron chi connectivity index (χ2n) is 5.84. The number of hydrogen-bond donors (Lipinski definition) is 1. The normalized spacial score (nSPS) is 13.6. The molecule has 1 N–H and O–H groups in total. The molecule has 0 bridgehead atoms. The Morgan fingerprint density at radius 3 is 2.52 bits per heavy atom. The summed E-state index contributed by atoms with van der Waals surface area (Å²) in [6.07, 6.45) is 2.05. The fraction of sp³-hybridized carbons (Fsp3) is 0.263. The number of ether oxygens (including phenoxy) is 1. The van der Waals surface area contributed by atoms with E-state index in [0.717, 1.165) is 30.4 Å². The van der Waals surface area contributed by atoms with Gasteiger partial charge in [-0.1, -0.05) is 28.1 Å². The van der Waals surface area contributed by atoms with Gasteiger partial charge in [-0.2, -0.15) is 0 Å². The molecule has 0 unspecified atom stereocenters. The molecular weight excluding hydrogens is 384 g/mol. The number of amides is 2. The summed E-state index contributed by atoms with van der Waals surface area (Å²) >= 11 is 3.37. The fourth-order valence-electron chi connectivity index (χ4n) is 2.92. The monoisotopic (exact) mass is 402 g/mol. The third kappa shape index (κ3) is 3.85. The number of carbonyl (C=O) groups excluding carboxylic acids is 2. The molecule has 6 heteroatoms. The van der Waals surface area contributed by atoms with Crippen molar-refractivity contribution in [3.05, 3.63) is 58.1 Å². The van der Waals surface area contributed by atoms with E-state index in [0.29, 0.717) is 22.6 Å². The zero-order valence-corrected chi connectivity index (χ0v) is 15.5. The minimum Gasteiger partial charge on any atom is -0.496 e. The molecule has 130 valence electrons. The molecule has 2 aromatic rings. The van der Waals surface area contributed by atoms with Gasteiger partial charge in [0.2, 0.25) is 0 Å². The van der Waals surface area contributed by atoms with Crippen molar-refractivity contribution in [1.82, 2.24) is 4.90 Å². The van der Waals surface area contributed by atoms with Crippen LogP contribution >= 0.6 is 15.9 Å². The standard InChI is InChI=1S/C19H19BrN2O3/c1-25-17-9-8-13(20)12-15(17)18(23)21-16-7-3-2-6-14(16)19(24)22-10-4-5-11-22/h2-3,6-9,12H,4-5,10-11H2,1H3,(H,21,23). The molecular formula is C19H19BrN2O3. The van der Waals surface area contributed by atoms with E-state index in [1.54, 1.807) is 42.5 Å². The highest BCUT2D eigenvalue weighted by atomic mass is 79.9. The first-order valence-electron chi connectivity index (χ1n) is 8.13. The number of anilines is 1. The van der Waals surface area contributed by atoms with E-state index in [-0.39, 0.29) is 11.8 Å². The van der Waals surface area contributed by atoms with Gasteiger partial charge >= 0.3 is 0 Å². The van der Waals surface area contributed by atoms with Crippen LogP contribution in [0.2, 0.25) is 0 Å². The van der Waals surface area contributed by atoms with E-state index in [4.69, 9.17) is 4.74 Å². The lowest BCUT2D eigenvalue weighted by Gasteiger charge is -2.18. The third-order valence-electron chi connectivity index (χ3n) is 4.21. The van der Waals surface area contributed by atoms with Crippen LogP contribution in [0.3, 0.4) is 0 Å². The number of carbonyl (C=O) groups is 2. The summed E-state index contributed by atoms with van der Waals surface area (Å²) in [4.78, 5) is 27.2. The molecule has 0 aliphatic carbocycles. The van der Waals surface area contributed by atoms with Crippen molar-refractivity contribution >= 4 is 33.4 Å². The van der Waals surface area contributed by atoms with Crippen molar-refractivity contribution in [2.75, 3.05) is 25.5 Å². The van der Waals surface area contributed by atoms with Crippen LogP contribution < -0.4 is 10.1 Å². The lowest BCUT2D eigenvalue weighted by molar-refractivity contribution is 0.0794. The Kier molecular flexibility index (Phi) is 5.38. The van der Waals surface area contributed by atoms with Gasteiger partial charge in [0.1, 0.15) is 5.75 Å². The van der Waals surface area contributed by atoms with Crippen LogP contribution in [0.4, 0.5) is 5.69 Å². The highest BCUT2D eigenvalue weighted by molar-refractivity contribution is 9.10. The molecule has 1 aliphatic heterocycles. The number of rotatable bonds is 4. The van der Waals surface area contributed by atoms with E-state index in [2.05, 4.69) is 21.2 Å². The number of halogens is 1. The van der Waals surface area contributed by atoms with Crippen LogP contribution in [0, 0.1) is 0 Å². The molecule has 2 amide bonds. The van der Waals surface area contributed by atoms with Crippen molar-refractivity contribution in [3.8, 4) is 5.75 Å². The number of para-hydroxylation sites is 1. The summed E-state index contributed by atoms with van der Waals surface area (Å²) in [7, 11) is 1.52. The van der Waals surface area contributed by atoms with Gasteiger partial charge in [0.15, 0.2) is 0 Å². The van der Waals surface area contributed by atoms with Crippen LogP contribution in [-0.2, 0) is 0 Å². The molecule has 1 aliphatic rings. The van der Waals surface area contributed by atoms with E-state index >= 15 is 0 Å². The van der Waals surface area contributed by atoms with Crippen molar-refractivity contribution in [1.29, 1.82) is 0 Å². The molecule has 2 aromatic carbocycles. The molecule has 0 atom stereocenters. The van der Waals surface area contributed by atoms with Gasteiger partial charge in [0, 0.05) is 17.6 Å². The Labute approximate surface area is 155 Å². The van der Waals surface area contributed by atoms with Gasteiger partial charge in [-0.05, 0) is 43.2 Å². The van der Waals surface area contributed by atoms with Crippen LogP contribution in [0.15, 0.2) is 46.9 Å². The van der Waals surface area contributed by atoms with E-state index in [1.165, 1.54) is 7.11 Å². The van der Waals surface area contributed by atoms with E-state index < -0.39 is 0 Å². The topological polar surface area (TPSA) is 58.6 Å². The first kappa shape index (κ1) is 17.5. The number of nitrogens with one attached hydrogen (secondary N) is 1. The summed E-state index contributed by atoms with van der Waals surface area (Å²) < 4.78 is 6.04. The Morgan fingerprint density at radius 1 is 1.08 bits per heavy atom. The highest BCUT2D eigenvalue weighted by Crippen LogP contribution is 2.26. The lowest BCUT2D eigenvalue weighted by atomic mass is 10.1. The molecule has 1 saturated heterocycles. The zero-order valence-electron chi connectivity index (χ0n) is 13.9. The summed E-state index contributed by atoms with van der Waals surface area (Å²) in [5, 5.41) is 2.85. The van der Waals surface area contributed by atoms with Crippen LogP contribution in [0.5, 0.6) is 5.75 Å². The second kappa shape index (κ2) is 7.70. The van der Waals surface area contributed by atoms with Crippen molar-refractivity contribution < 1.29 is 14.3 Å². The maximum absolute atomic E-state index is 12.7. The van der Waals surface area contributed by atoms with Crippen molar-refractivity contribution in [2.45, 2.75) is 12.8 Å². The molecule has 0 aromatic heterocycles. The zero-order chi connectivity index (χ0) is 17.8. The van der Waals surface area contributed by atoms with Gasteiger partial charge < -0.3 is 15.0 Å². The van der Waals surface area contributed by atoms with Crippen LogP contribution in [0.1, 0.15) is 33.6 Å². The van der Waals surface area contributed by atoms with Gasteiger partial charge in [-0.15, -0.1) is 0 Å². The molecule has 0 spiro atoms. The number of methoxy groups -OCH3 is 1. The summed E-state index contributed by atoms with van der Waals surface area (Å²) in [5.74, 6) is 0.110. The minimum atomic E-state index is -0.320. The van der Waals surface area contributed by atoms with Crippen molar-refractivity contribution in [2.24, 2.45) is 0 Å². The fourth-order valence-corrected chi connectivity index (χ4v) is 3.28. The molecule has 25 heavy (non-hydrogen) atoms. The van der Waals surface area contributed by atoms with Crippen LogP contribution in [-0.4, -0.2) is 36.9 Å². The molecule has 1 heterocycles. The summed E-state index contributed by atoms with van der Waals surface area (Å²) in [5.41, 5.74) is 1.42. The molecule has 1 fully saturated rings. The Hall–Kier alpha value is -2.34. The third-order valence-corrected chi connectivity index (χ3v) is 4.70. The van der Waals surface area contributed by atoms with Gasteiger partial charge in [0.25, 0.3) is 11.8 Å². The summed E-state index contributed by atoms with van der Waals surface area (Å²) in [6.45, 7) is 1.53. The van der Waals surface area contributed by atoms with E-state index in [9.17, 15) is 9.59 Å². The number of nitrogens with zero attached hydrogens (tertiary/aromatic N) is 1. The van der Waals surface area contributed by atoms with Gasteiger partial charge in [-0.25, -0.2) is 0 Å². The first-order valence-corrected chi connectivity index (χ1v) is 8.92. The second-order valence-corrected chi connectivity index (χ2v) is 6.76. The SMILES string of the molecule is COc1ccc(Br)cc1C(=O)Nc1ccccc1C(=O)N1CCCC1. The Balaban J connectivity index is 1.87. The predicted octanol–water partition coefficient (Wildman–Crippen LogP) is 3.95. The number of hydrogen-bond acceptors (Lipinski definition) is 3. The quantitative estimate of drug-likeness (QED) is 0.841. The van der Waals surface area contributed by atoms with E-state index in [1.807, 2.05) is 4.90 Å². The van der Waals surface area contributed by atoms with Gasteiger partial charge in [0.05, 0.1) is 23.9 Å². The number of benzene rings is 2. The molecule has 3 rings (SSSR count). The molecule has 0 saturated carbocycles. The highest BCUT2D eigenvalue weighted by Gasteiger charge is 2.23. The molecule has 5 nitrogen and oxygen atoms in total. The lowest BCUT2D eigenvalue weighted by Crippen LogP contribution is -2.28. The maximum Gasteiger partial charge on any atom is 0.259 e. The summed E-state index contributed by atoms with van der Waals surface area (Å²) in [6, 6.07) is 12.3. The van der Waals surface area contributed by atoms with Crippen molar-refractivity contribution in [3.63, 3.8) is 0 Å². The minimum absolute atomic E-state index is 0.0467. The maximum atomic E-state index is 12.7. The Morgan fingerprint density at radius 2 is 1.80 bits per heavy atom.